The van der Waals surface area contributed by atoms with Gasteiger partial charge >= 0.3 is 0 Å². The highest BCUT2D eigenvalue weighted by Gasteiger charge is 2.34. The third-order valence-corrected chi connectivity index (χ3v) is 3.75. The molecule has 0 radical (unpaired) electrons. The summed E-state index contributed by atoms with van der Waals surface area (Å²) in [6, 6.07) is 8.38. The number of ether oxygens (including phenoxy) is 1. The molecule has 2 N–H and O–H groups in total. The van der Waals surface area contributed by atoms with Gasteiger partial charge in [0.15, 0.2) is 5.96 Å². The molecule has 0 bridgehead atoms. The third kappa shape index (κ3) is 2.03. The molecule has 1 aliphatic carbocycles. The van der Waals surface area contributed by atoms with E-state index in [1.807, 2.05) is 18.2 Å². The number of benzene rings is 1. The quantitative estimate of drug-likeness (QED) is 0.879. The monoisotopic (exact) mass is 245 g/mol. The van der Waals surface area contributed by atoms with Gasteiger partial charge in [0.05, 0.1) is 19.7 Å². The maximum Gasteiger partial charge on any atom is 0.191 e. The van der Waals surface area contributed by atoms with Crippen LogP contribution in [0.2, 0.25) is 0 Å². The van der Waals surface area contributed by atoms with E-state index in [0.717, 1.165) is 24.8 Å². The van der Waals surface area contributed by atoms with Crippen LogP contribution in [-0.2, 0) is 0 Å². The fourth-order valence-electron chi connectivity index (χ4n) is 2.54. The Morgan fingerprint density at radius 1 is 1.39 bits per heavy atom. The first-order chi connectivity index (χ1) is 8.79. The molecule has 1 fully saturated rings. The van der Waals surface area contributed by atoms with E-state index in [4.69, 9.17) is 10.5 Å². The molecule has 1 atom stereocenters. The predicted octanol–water partition coefficient (Wildman–Crippen LogP) is 1.78. The van der Waals surface area contributed by atoms with Crippen molar-refractivity contribution in [2.75, 3.05) is 20.2 Å². The van der Waals surface area contributed by atoms with Crippen LogP contribution in [0, 0.1) is 5.92 Å². The Labute approximate surface area is 107 Å². The fraction of sp³-hybridized carbons (Fsp3) is 0.500. The van der Waals surface area contributed by atoms with Gasteiger partial charge in [0.1, 0.15) is 5.75 Å². The number of hydrogen-bond acceptors (Lipinski definition) is 4. The summed E-state index contributed by atoms with van der Waals surface area (Å²) < 4.78 is 5.44. The standard InChI is InChI=1S/C14H19N3O/c1-18-13-5-3-2-4-11(13)12-8-16-14(15)17(12)9-10-6-7-10/h2-5,10,12H,6-9H2,1H3,(H2,15,16). The van der Waals surface area contributed by atoms with Gasteiger partial charge in [-0.15, -0.1) is 0 Å². The minimum atomic E-state index is 0.238. The molecule has 18 heavy (non-hydrogen) atoms. The molecule has 1 heterocycles. The van der Waals surface area contributed by atoms with Gasteiger partial charge in [0, 0.05) is 12.1 Å². The summed E-state index contributed by atoms with van der Waals surface area (Å²) in [5.74, 6) is 2.40. The maximum atomic E-state index is 6.01. The van der Waals surface area contributed by atoms with Crippen LogP contribution < -0.4 is 10.5 Å². The Kier molecular flexibility index (Phi) is 2.86. The molecule has 4 nitrogen and oxygen atoms in total. The molecule has 1 aliphatic heterocycles. The maximum absolute atomic E-state index is 6.01. The van der Waals surface area contributed by atoms with Crippen LogP contribution in [0.25, 0.3) is 0 Å². The van der Waals surface area contributed by atoms with Crippen molar-refractivity contribution in [1.29, 1.82) is 0 Å². The minimum absolute atomic E-state index is 0.238. The normalized spacial score (nSPS) is 23.1. The average molecular weight is 245 g/mol. The molecule has 1 aromatic rings. The van der Waals surface area contributed by atoms with Gasteiger partial charge in [-0.2, -0.15) is 0 Å². The first-order valence-corrected chi connectivity index (χ1v) is 6.49. The van der Waals surface area contributed by atoms with Crippen molar-refractivity contribution in [3.63, 3.8) is 0 Å². The van der Waals surface area contributed by atoms with Crippen molar-refractivity contribution < 1.29 is 4.74 Å². The number of methoxy groups -OCH3 is 1. The highest BCUT2D eigenvalue weighted by Crippen LogP contribution is 2.36. The van der Waals surface area contributed by atoms with Gasteiger partial charge in [0.25, 0.3) is 0 Å². The number of nitrogens with zero attached hydrogens (tertiary/aromatic N) is 2. The number of nitrogens with two attached hydrogens (primary N) is 1. The first kappa shape index (κ1) is 11.4. The summed E-state index contributed by atoms with van der Waals surface area (Å²) in [5.41, 5.74) is 7.19. The summed E-state index contributed by atoms with van der Waals surface area (Å²) in [6.07, 6.45) is 2.64. The van der Waals surface area contributed by atoms with Crippen molar-refractivity contribution in [3.05, 3.63) is 29.8 Å². The summed E-state index contributed by atoms with van der Waals surface area (Å²) in [7, 11) is 1.71. The van der Waals surface area contributed by atoms with Crippen LogP contribution in [0.3, 0.4) is 0 Å². The summed E-state index contributed by atoms with van der Waals surface area (Å²) >= 11 is 0. The van der Waals surface area contributed by atoms with Crippen molar-refractivity contribution in [2.24, 2.45) is 16.6 Å². The number of para-hydroxylation sites is 1. The number of guanidine groups is 1. The molecular weight excluding hydrogens is 226 g/mol. The Morgan fingerprint density at radius 2 is 2.17 bits per heavy atom. The molecule has 4 heteroatoms. The molecular formula is C14H19N3O. The highest BCUT2D eigenvalue weighted by molar-refractivity contribution is 5.80. The molecule has 0 amide bonds. The highest BCUT2D eigenvalue weighted by atomic mass is 16.5. The molecule has 1 aromatic carbocycles. The van der Waals surface area contributed by atoms with Crippen LogP contribution in [0.15, 0.2) is 29.3 Å². The van der Waals surface area contributed by atoms with Crippen LogP contribution in [-0.4, -0.2) is 31.1 Å². The predicted molar refractivity (Wildman–Crippen MR) is 71.7 cm³/mol. The van der Waals surface area contributed by atoms with E-state index < -0.39 is 0 Å². The van der Waals surface area contributed by atoms with E-state index in [2.05, 4.69) is 16.0 Å². The Balaban J connectivity index is 1.85. The Bertz CT molecular complexity index is 468. The van der Waals surface area contributed by atoms with Crippen LogP contribution >= 0.6 is 0 Å². The number of aliphatic imine (C=N–C) groups is 1. The van der Waals surface area contributed by atoms with Crippen molar-refractivity contribution >= 4 is 5.96 Å². The summed E-state index contributed by atoms with van der Waals surface area (Å²) in [5, 5.41) is 0. The molecule has 0 spiro atoms. The second-order valence-corrected chi connectivity index (χ2v) is 5.05. The lowest BCUT2D eigenvalue weighted by Crippen LogP contribution is -2.37. The van der Waals surface area contributed by atoms with E-state index in [1.54, 1.807) is 7.11 Å². The zero-order valence-electron chi connectivity index (χ0n) is 10.7. The zero-order valence-corrected chi connectivity index (χ0v) is 10.7. The number of rotatable bonds is 4. The van der Waals surface area contributed by atoms with Gasteiger partial charge in [-0.3, -0.25) is 4.99 Å². The summed E-state index contributed by atoms with van der Waals surface area (Å²) in [4.78, 5) is 6.63. The second kappa shape index (κ2) is 4.52. The Hall–Kier alpha value is -1.71. The molecule has 96 valence electrons. The van der Waals surface area contributed by atoms with E-state index in [1.165, 1.54) is 18.4 Å². The first-order valence-electron chi connectivity index (χ1n) is 6.49. The van der Waals surface area contributed by atoms with Gasteiger partial charge in [-0.05, 0) is 24.8 Å². The Morgan fingerprint density at radius 3 is 2.89 bits per heavy atom. The van der Waals surface area contributed by atoms with Gasteiger partial charge in [-0.1, -0.05) is 18.2 Å². The molecule has 3 rings (SSSR count). The zero-order chi connectivity index (χ0) is 12.5. The third-order valence-electron chi connectivity index (χ3n) is 3.75. The lowest BCUT2D eigenvalue weighted by Gasteiger charge is -2.27. The van der Waals surface area contributed by atoms with E-state index in [0.29, 0.717) is 5.96 Å². The van der Waals surface area contributed by atoms with Gasteiger partial charge < -0.3 is 15.4 Å². The molecule has 0 aromatic heterocycles. The van der Waals surface area contributed by atoms with E-state index >= 15 is 0 Å². The van der Waals surface area contributed by atoms with Crippen molar-refractivity contribution in [2.45, 2.75) is 18.9 Å². The fourth-order valence-corrected chi connectivity index (χ4v) is 2.54. The lowest BCUT2D eigenvalue weighted by molar-refractivity contribution is 0.320. The molecule has 1 unspecified atom stereocenters. The number of hydrogen-bond donors (Lipinski definition) is 1. The lowest BCUT2D eigenvalue weighted by atomic mass is 10.0. The van der Waals surface area contributed by atoms with E-state index in [-0.39, 0.29) is 6.04 Å². The SMILES string of the molecule is COc1ccccc1C1CN=C(N)N1CC1CC1. The molecule has 2 aliphatic rings. The largest absolute Gasteiger partial charge is 0.496 e. The van der Waals surface area contributed by atoms with E-state index in [9.17, 15) is 0 Å². The van der Waals surface area contributed by atoms with Crippen molar-refractivity contribution in [3.8, 4) is 5.75 Å². The van der Waals surface area contributed by atoms with Crippen molar-refractivity contribution in [1.82, 2.24) is 4.90 Å². The van der Waals surface area contributed by atoms with Gasteiger partial charge in [-0.25, -0.2) is 0 Å². The topological polar surface area (TPSA) is 50.9 Å². The molecule has 1 saturated carbocycles. The minimum Gasteiger partial charge on any atom is -0.496 e. The second-order valence-electron chi connectivity index (χ2n) is 5.05. The summed E-state index contributed by atoms with van der Waals surface area (Å²) in [6.45, 7) is 1.76. The smallest absolute Gasteiger partial charge is 0.191 e. The molecule has 0 saturated heterocycles. The van der Waals surface area contributed by atoms with Crippen LogP contribution in [0.4, 0.5) is 0 Å². The van der Waals surface area contributed by atoms with Crippen LogP contribution in [0.1, 0.15) is 24.4 Å². The average Bonchev–Trinajstić information content (AvgIpc) is 3.15. The van der Waals surface area contributed by atoms with Crippen LogP contribution in [0.5, 0.6) is 5.75 Å². The van der Waals surface area contributed by atoms with Gasteiger partial charge in [0.2, 0.25) is 0 Å².